The minimum absolute atomic E-state index is 0. The van der Waals surface area contributed by atoms with Crippen LogP contribution in [-0.2, 0) is 30.6 Å². The van der Waals surface area contributed by atoms with Gasteiger partial charge >= 0.3 is 0 Å². The summed E-state index contributed by atoms with van der Waals surface area (Å²) < 4.78 is 5.76. The summed E-state index contributed by atoms with van der Waals surface area (Å²) in [6.07, 6.45) is 10.9. The van der Waals surface area contributed by atoms with Crippen molar-refractivity contribution >= 4 is 33.1 Å². The smallest absolute Gasteiger partial charge is 0.183 e. The van der Waals surface area contributed by atoms with Crippen LogP contribution in [0.4, 0.5) is 0 Å². The van der Waals surface area contributed by atoms with Gasteiger partial charge in [-0.15, -0.1) is 31.2 Å². The van der Waals surface area contributed by atoms with Crippen LogP contribution in [0.25, 0.3) is 0 Å². The Hall–Kier alpha value is 1.12. The maximum atomic E-state index is 5.76. The molecule has 0 bridgehead atoms. The third-order valence-electron chi connectivity index (χ3n) is 1.89. The van der Waals surface area contributed by atoms with Crippen LogP contribution >= 0.6 is 24.8 Å². The zero-order chi connectivity index (χ0) is 9.73. The van der Waals surface area contributed by atoms with Gasteiger partial charge in [0, 0.05) is 32.8 Å². The number of rotatable bonds is 5. The Kier molecular flexibility index (Phi) is 15.7. The molecule has 0 saturated carbocycles. The van der Waals surface area contributed by atoms with E-state index in [9.17, 15) is 0 Å². The van der Waals surface area contributed by atoms with Crippen molar-refractivity contribution in [1.82, 2.24) is 0 Å². The largest absolute Gasteiger partial charge is 0.418 e. The number of hydrogen-bond donors (Lipinski definition) is 0. The first-order chi connectivity index (χ1) is 6.08. The molecule has 0 aliphatic heterocycles. The fourth-order valence-corrected chi connectivity index (χ4v) is 2.02. The Bertz CT molecular complexity index is 225. The first-order valence-electron chi connectivity index (χ1n) is 4.98. The van der Waals surface area contributed by atoms with E-state index in [2.05, 4.69) is 37.9 Å². The molecule has 0 aromatic rings. The van der Waals surface area contributed by atoms with Gasteiger partial charge in [-0.05, 0) is 26.1 Å². The van der Waals surface area contributed by atoms with Crippen molar-refractivity contribution in [1.29, 1.82) is 0 Å². The van der Waals surface area contributed by atoms with Crippen LogP contribution in [0.3, 0.4) is 0 Å². The van der Waals surface area contributed by atoms with E-state index in [-0.39, 0.29) is 51.0 Å². The zero-order valence-electron chi connectivity index (χ0n) is 10.2. The molecule has 0 N–H and O–H groups in total. The standard InChI is InChI=1S/C11H19OSi.2ClH.Zr/c1-13(2,3)12-10-6-9-11-7-4-5-8-11;;;/h4,7H,5-6,9-10H2,1-3H3;2*1H;/q-1;;;. The first kappa shape index (κ1) is 22.3. The number of hydrogen-bond acceptors (Lipinski definition) is 1. The fraction of sp³-hybridized carbons (Fsp3) is 0.636. The Morgan fingerprint density at radius 2 is 1.94 bits per heavy atom. The van der Waals surface area contributed by atoms with Gasteiger partial charge in [0.15, 0.2) is 8.32 Å². The second-order valence-corrected chi connectivity index (χ2v) is 8.89. The molecule has 0 spiro atoms. The van der Waals surface area contributed by atoms with Crippen LogP contribution in [0.2, 0.25) is 19.6 Å². The van der Waals surface area contributed by atoms with Crippen molar-refractivity contribution in [2.45, 2.75) is 38.9 Å². The van der Waals surface area contributed by atoms with E-state index in [1.165, 1.54) is 5.57 Å². The predicted molar refractivity (Wildman–Crippen MR) is 73.5 cm³/mol. The quantitative estimate of drug-likeness (QED) is 0.407. The van der Waals surface area contributed by atoms with Crippen molar-refractivity contribution in [3.63, 3.8) is 0 Å². The normalized spacial score (nSPS) is 13.3. The summed E-state index contributed by atoms with van der Waals surface area (Å²) in [5.74, 6) is 0. The van der Waals surface area contributed by atoms with E-state index >= 15 is 0 Å². The van der Waals surface area contributed by atoms with E-state index in [1.807, 2.05) is 0 Å². The summed E-state index contributed by atoms with van der Waals surface area (Å²) in [7, 11) is -1.28. The molecule has 5 heteroatoms. The summed E-state index contributed by atoms with van der Waals surface area (Å²) in [4.78, 5) is 0. The Morgan fingerprint density at radius 1 is 1.31 bits per heavy atom. The zero-order valence-corrected chi connectivity index (χ0v) is 15.3. The third kappa shape index (κ3) is 11.6. The van der Waals surface area contributed by atoms with Crippen LogP contribution < -0.4 is 0 Å². The summed E-state index contributed by atoms with van der Waals surface area (Å²) in [6, 6.07) is 0. The summed E-state index contributed by atoms with van der Waals surface area (Å²) in [5.41, 5.74) is 1.36. The van der Waals surface area contributed by atoms with E-state index in [1.54, 1.807) is 0 Å². The van der Waals surface area contributed by atoms with Crippen molar-refractivity contribution in [2.75, 3.05) is 6.61 Å². The summed E-state index contributed by atoms with van der Waals surface area (Å²) >= 11 is 0. The maximum Gasteiger partial charge on any atom is 0.183 e. The molecule has 1 nitrogen and oxygen atoms in total. The van der Waals surface area contributed by atoms with Crippen LogP contribution in [0.15, 0.2) is 17.7 Å². The number of allylic oxidation sites excluding steroid dienone is 4. The molecule has 1 rings (SSSR count). The topological polar surface area (TPSA) is 9.23 Å². The average Bonchev–Trinajstić information content (AvgIpc) is 2.48. The minimum Gasteiger partial charge on any atom is -0.418 e. The fourth-order valence-electron chi connectivity index (χ4n) is 1.26. The van der Waals surface area contributed by atoms with Crippen LogP contribution in [0.1, 0.15) is 19.3 Å². The molecule has 0 aromatic carbocycles. The predicted octanol–water partition coefficient (Wildman–Crippen LogP) is 4.15. The molecular formula is C11H21Cl2OSiZr-. The van der Waals surface area contributed by atoms with Gasteiger partial charge in [0.1, 0.15) is 0 Å². The molecule has 0 amide bonds. The van der Waals surface area contributed by atoms with Crippen LogP contribution in [-0.4, -0.2) is 14.9 Å². The molecule has 94 valence electrons. The molecule has 16 heavy (non-hydrogen) atoms. The summed E-state index contributed by atoms with van der Waals surface area (Å²) in [6.45, 7) is 7.60. The maximum absolute atomic E-state index is 5.76. The van der Waals surface area contributed by atoms with Gasteiger partial charge in [0.05, 0.1) is 0 Å². The van der Waals surface area contributed by atoms with E-state index in [0.29, 0.717) is 0 Å². The average molecular weight is 360 g/mol. The molecule has 0 unspecified atom stereocenters. The van der Waals surface area contributed by atoms with Gasteiger partial charge in [-0.1, -0.05) is 6.42 Å². The van der Waals surface area contributed by atoms with Crippen molar-refractivity contribution < 1.29 is 30.6 Å². The van der Waals surface area contributed by atoms with E-state index < -0.39 is 8.32 Å². The van der Waals surface area contributed by atoms with Crippen molar-refractivity contribution in [2.24, 2.45) is 0 Å². The van der Waals surface area contributed by atoms with Gasteiger partial charge in [-0.3, -0.25) is 6.08 Å². The van der Waals surface area contributed by atoms with Gasteiger partial charge in [-0.2, -0.15) is 6.08 Å². The second kappa shape index (κ2) is 11.2. The molecule has 1 aliphatic rings. The van der Waals surface area contributed by atoms with Crippen molar-refractivity contribution in [3.8, 4) is 0 Å². The second-order valence-electron chi connectivity index (χ2n) is 4.37. The van der Waals surface area contributed by atoms with Gasteiger partial charge < -0.3 is 4.43 Å². The van der Waals surface area contributed by atoms with Gasteiger partial charge in [0.2, 0.25) is 0 Å². The molecule has 0 saturated heterocycles. The van der Waals surface area contributed by atoms with Crippen molar-refractivity contribution in [3.05, 3.63) is 23.8 Å². The minimum atomic E-state index is -1.28. The molecule has 0 radical (unpaired) electrons. The monoisotopic (exact) mass is 357 g/mol. The molecule has 1 aliphatic carbocycles. The SMILES string of the molecule is C[Si](C)(C)OCCCC1=[C-]CC=C1.Cl.Cl.[Zr]. The van der Waals surface area contributed by atoms with Crippen LogP contribution in [0.5, 0.6) is 0 Å². The van der Waals surface area contributed by atoms with Gasteiger partial charge in [0.25, 0.3) is 0 Å². The molecule has 0 fully saturated rings. The van der Waals surface area contributed by atoms with Crippen LogP contribution in [0, 0.1) is 6.08 Å². The number of halogens is 2. The Labute approximate surface area is 132 Å². The van der Waals surface area contributed by atoms with Gasteiger partial charge in [-0.25, -0.2) is 11.6 Å². The molecular weight excluding hydrogens is 338 g/mol. The molecule has 0 atom stereocenters. The molecule has 0 aromatic heterocycles. The Balaban J connectivity index is -0.000000563. The first-order valence-corrected chi connectivity index (χ1v) is 8.39. The molecule has 0 heterocycles. The Morgan fingerprint density at radius 3 is 2.38 bits per heavy atom. The third-order valence-corrected chi connectivity index (χ3v) is 2.96. The summed E-state index contributed by atoms with van der Waals surface area (Å²) in [5, 5.41) is 0. The van der Waals surface area contributed by atoms with E-state index in [4.69, 9.17) is 4.43 Å². The van der Waals surface area contributed by atoms with E-state index in [0.717, 1.165) is 25.9 Å².